The van der Waals surface area contributed by atoms with E-state index in [-0.39, 0.29) is 35.3 Å². The summed E-state index contributed by atoms with van der Waals surface area (Å²) in [7, 11) is 2.00. The lowest BCUT2D eigenvalue weighted by Crippen LogP contribution is -2.57. The number of likely N-dealkylation sites (N-methyl/N-ethyl adjacent to an activating group) is 1. The minimum atomic E-state index is -0.923. The van der Waals surface area contributed by atoms with Gasteiger partial charge in [-0.2, -0.15) is 0 Å². The number of rotatable bonds is 12. The Kier molecular flexibility index (Phi) is 11.9. The molecule has 49 heavy (non-hydrogen) atoms. The van der Waals surface area contributed by atoms with Crippen molar-refractivity contribution in [2.45, 2.75) is 96.7 Å². The Morgan fingerprint density at radius 3 is 2.31 bits per heavy atom. The quantitative estimate of drug-likeness (QED) is 0.306. The van der Waals surface area contributed by atoms with Crippen molar-refractivity contribution in [2.24, 2.45) is 11.8 Å². The molecule has 0 spiro atoms. The maximum absolute atomic E-state index is 15.8. The third-order valence-corrected chi connectivity index (χ3v) is 10.4. The zero-order valence-electron chi connectivity index (χ0n) is 29.3. The van der Waals surface area contributed by atoms with E-state index >= 15 is 4.39 Å². The highest BCUT2D eigenvalue weighted by molar-refractivity contribution is 6.01. The molecule has 2 heterocycles. The van der Waals surface area contributed by atoms with E-state index in [0.717, 1.165) is 51.6 Å². The number of carbonyl (C=O) groups excluding carboxylic acids is 4. The van der Waals surface area contributed by atoms with Crippen LogP contribution in [0, 0.1) is 17.7 Å². The van der Waals surface area contributed by atoms with E-state index in [4.69, 9.17) is 4.63 Å². The lowest BCUT2D eigenvalue weighted by Gasteiger charge is -2.37. The first-order valence-electron chi connectivity index (χ1n) is 17.8. The molecule has 1 aliphatic heterocycles. The summed E-state index contributed by atoms with van der Waals surface area (Å²) in [5.74, 6) is -2.17. The van der Waals surface area contributed by atoms with Gasteiger partial charge in [-0.05, 0) is 80.8 Å². The van der Waals surface area contributed by atoms with Gasteiger partial charge in [0.15, 0.2) is 5.69 Å². The second kappa shape index (κ2) is 16.1. The molecule has 5 amide bonds. The number of aryl methyl sites for hydroxylation is 1. The Bertz CT molecular complexity index is 1480. The molecule has 1 aromatic heterocycles. The normalized spacial score (nSPS) is 21.7. The first-order chi connectivity index (χ1) is 23.5. The number of hydrogen-bond acceptors (Lipinski definition) is 8. The average Bonchev–Trinajstić information content (AvgIpc) is 3.81. The van der Waals surface area contributed by atoms with Gasteiger partial charge < -0.3 is 30.7 Å². The van der Waals surface area contributed by atoms with Crippen molar-refractivity contribution < 1.29 is 28.2 Å². The average molecular weight is 683 g/mol. The van der Waals surface area contributed by atoms with Gasteiger partial charge in [0.2, 0.25) is 11.8 Å². The molecule has 1 aromatic carbocycles. The van der Waals surface area contributed by atoms with Gasteiger partial charge in [-0.1, -0.05) is 44.8 Å². The third kappa shape index (κ3) is 8.75. The maximum Gasteiger partial charge on any atom is 0.318 e. The van der Waals surface area contributed by atoms with Crippen LogP contribution < -0.4 is 16.0 Å². The van der Waals surface area contributed by atoms with E-state index in [9.17, 15) is 19.2 Å². The van der Waals surface area contributed by atoms with Gasteiger partial charge in [-0.3, -0.25) is 14.4 Å². The SMILES string of the molecule is CCc1nonc1C(=O)N[C@H](C(=O)Nc1ccc([C@H](C)[C@@H](NC(=O)N(CC)C2CC2)C(=O)N2CCN(C)CC2)cc1F)[C@H]1CC[C@H](C)CC1. The summed E-state index contributed by atoms with van der Waals surface area (Å²) in [6.45, 7) is 10.8. The number of anilines is 1. The summed E-state index contributed by atoms with van der Waals surface area (Å²) in [4.78, 5) is 59.8. The van der Waals surface area contributed by atoms with Crippen molar-refractivity contribution in [3.05, 3.63) is 41.0 Å². The van der Waals surface area contributed by atoms with Crippen LogP contribution in [0.1, 0.15) is 93.9 Å². The number of aromatic nitrogens is 2. The van der Waals surface area contributed by atoms with Crippen LogP contribution in [0.3, 0.4) is 0 Å². The number of amides is 5. The number of piperazine rings is 1. The molecule has 2 saturated carbocycles. The molecule has 14 heteroatoms. The Labute approximate surface area is 287 Å². The highest BCUT2D eigenvalue weighted by Gasteiger charge is 2.38. The molecule has 268 valence electrons. The predicted octanol–water partition coefficient (Wildman–Crippen LogP) is 3.77. The van der Waals surface area contributed by atoms with Crippen molar-refractivity contribution in [1.29, 1.82) is 0 Å². The number of nitrogens with zero attached hydrogens (tertiary/aromatic N) is 5. The fourth-order valence-corrected chi connectivity index (χ4v) is 6.95. The second-order valence-corrected chi connectivity index (χ2v) is 14.0. The van der Waals surface area contributed by atoms with E-state index < -0.39 is 35.6 Å². The highest BCUT2D eigenvalue weighted by Crippen LogP contribution is 2.32. The summed E-state index contributed by atoms with van der Waals surface area (Å²) in [6, 6.07) is 2.49. The second-order valence-electron chi connectivity index (χ2n) is 14.0. The van der Waals surface area contributed by atoms with E-state index in [0.29, 0.717) is 43.2 Å². The van der Waals surface area contributed by atoms with Crippen molar-refractivity contribution in [2.75, 3.05) is 45.1 Å². The van der Waals surface area contributed by atoms with E-state index in [1.807, 2.05) is 20.9 Å². The number of urea groups is 1. The van der Waals surface area contributed by atoms with Crippen LogP contribution in [-0.4, -0.2) is 107 Å². The standard InChI is InChI=1S/C35H51FN8O5/c1-6-27-31(41-49-40-27)33(46)38-30(23-10-8-21(3)9-11-23)32(45)37-28-15-12-24(20-26(28)36)22(4)29(34(47)43-18-16-42(5)17-19-43)39-35(48)44(7-2)25-13-14-25/h12,15,20-23,25,29-30H,6-11,13-14,16-19H2,1-5H3,(H,37,45)(H,38,46)(H,39,48)/t21-,22-,23-,29+,30-/m0/s1. The largest absolute Gasteiger partial charge is 0.338 e. The molecule has 1 saturated heterocycles. The van der Waals surface area contributed by atoms with E-state index in [1.165, 1.54) is 12.1 Å². The summed E-state index contributed by atoms with van der Waals surface area (Å²) >= 11 is 0. The van der Waals surface area contributed by atoms with Crippen LogP contribution in [0.5, 0.6) is 0 Å². The zero-order chi connectivity index (χ0) is 35.2. The van der Waals surface area contributed by atoms with Crippen molar-refractivity contribution in [1.82, 2.24) is 35.6 Å². The van der Waals surface area contributed by atoms with Crippen LogP contribution in [0.2, 0.25) is 0 Å². The molecule has 2 aliphatic carbocycles. The van der Waals surface area contributed by atoms with Crippen molar-refractivity contribution in [3.8, 4) is 0 Å². The van der Waals surface area contributed by atoms with Crippen molar-refractivity contribution in [3.63, 3.8) is 0 Å². The van der Waals surface area contributed by atoms with Crippen molar-refractivity contribution >= 4 is 29.4 Å². The maximum atomic E-state index is 15.8. The van der Waals surface area contributed by atoms with Gasteiger partial charge >= 0.3 is 6.03 Å². The minimum absolute atomic E-state index is 0.0287. The summed E-state index contributed by atoms with van der Waals surface area (Å²) < 4.78 is 20.6. The van der Waals surface area contributed by atoms with Gasteiger partial charge in [-0.25, -0.2) is 13.8 Å². The lowest BCUT2D eigenvalue weighted by molar-refractivity contribution is -0.135. The zero-order valence-corrected chi connectivity index (χ0v) is 29.3. The molecule has 0 unspecified atom stereocenters. The molecule has 5 rings (SSSR count). The highest BCUT2D eigenvalue weighted by atomic mass is 19.1. The number of nitrogens with one attached hydrogen (secondary N) is 3. The first-order valence-corrected chi connectivity index (χ1v) is 17.8. The number of carbonyl (C=O) groups is 4. The molecule has 3 fully saturated rings. The molecule has 0 radical (unpaired) electrons. The lowest BCUT2D eigenvalue weighted by atomic mass is 9.79. The van der Waals surface area contributed by atoms with Crippen LogP contribution in [0.15, 0.2) is 22.8 Å². The Balaban J connectivity index is 1.33. The van der Waals surface area contributed by atoms with Gasteiger partial charge in [0.05, 0.1) is 5.69 Å². The van der Waals surface area contributed by atoms with E-state index in [2.05, 4.69) is 38.1 Å². The van der Waals surface area contributed by atoms with Gasteiger partial charge in [0, 0.05) is 44.7 Å². The Hall–Kier alpha value is -4.07. The van der Waals surface area contributed by atoms with Gasteiger partial charge in [0.25, 0.3) is 5.91 Å². The predicted molar refractivity (Wildman–Crippen MR) is 181 cm³/mol. The summed E-state index contributed by atoms with van der Waals surface area (Å²) in [6.07, 6.45) is 5.61. The molecular formula is C35H51FN8O5. The monoisotopic (exact) mass is 682 g/mol. The first kappa shape index (κ1) is 36.2. The van der Waals surface area contributed by atoms with Crippen LogP contribution in [0.25, 0.3) is 0 Å². The van der Waals surface area contributed by atoms with E-state index in [1.54, 1.807) is 22.8 Å². The summed E-state index contributed by atoms with van der Waals surface area (Å²) in [5.41, 5.74) is 0.884. The number of benzene rings is 1. The molecule has 3 N–H and O–H groups in total. The van der Waals surface area contributed by atoms with Gasteiger partial charge in [0.1, 0.15) is 23.6 Å². The summed E-state index contributed by atoms with van der Waals surface area (Å²) in [5, 5.41) is 16.0. The Morgan fingerprint density at radius 1 is 1.00 bits per heavy atom. The smallest absolute Gasteiger partial charge is 0.318 e. The Morgan fingerprint density at radius 2 is 1.69 bits per heavy atom. The molecule has 0 bridgehead atoms. The number of hydrogen-bond donors (Lipinski definition) is 3. The molecule has 3 atom stereocenters. The van der Waals surface area contributed by atoms with Gasteiger partial charge in [-0.15, -0.1) is 0 Å². The number of halogens is 1. The molecule has 3 aliphatic rings. The van der Waals surface area contributed by atoms with Crippen LogP contribution in [0.4, 0.5) is 14.9 Å². The van der Waals surface area contributed by atoms with Crippen LogP contribution >= 0.6 is 0 Å². The molecule has 2 aromatic rings. The fourth-order valence-electron chi connectivity index (χ4n) is 6.95. The fraction of sp³-hybridized carbons (Fsp3) is 0.657. The minimum Gasteiger partial charge on any atom is -0.338 e. The van der Waals surface area contributed by atoms with Crippen LogP contribution in [-0.2, 0) is 16.0 Å². The molecular weight excluding hydrogens is 631 g/mol. The third-order valence-electron chi connectivity index (χ3n) is 10.4. The molecule has 13 nitrogen and oxygen atoms in total. The topological polar surface area (TPSA) is 153 Å².